The van der Waals surface area contributed by atoms with Crippen LogP contribution in [0, 0.1) is 5.41 Å². The molecule has 2 rings (SSSR count). The monoisotopic (exact) mass is 254 g/mol. The number of hydrogen-bond acceptors (Lipinski definition) is 5. The molecule has 0 amide bonds. The fourth-order valence-electron chi connectivity index (χ4n) is 2.88. The van der Waals surface area contributed by atoms with Crippen LogP contribution in [0.25, 0.3) is 0 Å². The minimum absolute atomic E-state index is 0.129. The molecule has 0 radical (unpaired) electrons. The lowest BCUT2D eigenvalue weighted by molar-refractivity contribution is -0.239. The van der Waals surface area contributed by atoms with Crippen LogP contribution in [0.5, 0.6) is 0 Å². The number of rotatable bonds is 2. The van der Waals surface area contributed by atoms with Crippen LogP contribution in [0.15, 0.2) is 11.8 Å². The molecule has 0 bridgehead atoms. The first-order valence-electron chi connectivity index (χ1n) is 6.03. The van der Waals surface area contributed by atoms with Crippen molar-refractivity contribution in [3.05, 3.63) is 11.8 Å². The summed E-state index contributed by atoms with van der Waals surface area (Å²) < 4.78 is 15.8. The Labute approximate surface area is 106 Å². The summed E-state index contributed by atoms with van der Waals surface area (Å²) in [6, 6.07) is 0. The summed E-state index contributed by atoms with van der Waals surface area (Å²) in [4.78, 5) is 23.4. The summed E-state index contributed by atoms with van der Waals surface area (Å²) in [6.45, 7) is 1.84. The predicted molar refractivity (Wildman–Crippen MR) is 62.5 cm³/mol. The number of methoxy groups -OCH3 is 2. The van der Waals surface area contributed by atoms with E-state index in [0.29, 0.717) is 25.0 Å². The fourth-order valence-corrected chi connectivity index (χ4v) is 2.88. The molecule has 1 heterocycles. The summed E-state index contributed by atoms with van der Waals surface area (Å²) in [5.41, 5.74) is -0.708. The van der Waals surface area contributed by atoms with Gasteiger partial charge < -0.3 is 14.2 Å². The number of ether oxygens (including phenoxy) is 3. The largest absolute Gasteiger partial charge is 0.466 e. The second-order valence-electron chi connectivity index (χ2n) is 4.98. The van der Waals surface area contributed by atoms with Gasteiger partial charge in [0.15, 0.2) is 0 Å². The Kier molecular flexibility index (Phi) is 3.19. The molecule has 0 spiro atoms. The van der Waals surface area contributed by atoms with E-state index in [9.17, 15) is 9.59 Å². The third kappa shape index (κ3) is 1.73. The Bertz CT molecular complexity index is 414. The van der Waals surface area contributed by atoms with E-state index in [0.717, 1.165) is 6.42 Å². The lowest BCUT2D eigenvalue weighted by Gasteiger charge is -2.42. The molecule has 0 unspecified atom stereocenters. The Hall–Kier alpha value is -1.36. The van der Waals surface area contributed by atoms with E-state index in [1.54, 1.807) is 0 Å². The molecule has 0 N–H and O–H groups in total. The second-order valence-corrected chi connectivity index (χ2v) is 4.98. The van der Waals surface area contributed by atoms with Gasteiger partial charge in [-0.1, -0.05) is 0 Å². The van der Waals surface area contributed by atoms with Crippen LogP contribution in [0.4, 0.5) is 0 Å². The molecule has 0 aromatic heterocycles. The van der Waals surface area contributed by atoms with E-state index in [1.807, 2.05) is 6.92 Å². The molecule has 1 saturated heterocycles. The minimum atomic E-state index is -0.928. The van der Waals surface area contributed by atoms with Crippen molar-refractivity contribution < 1.29 is 23.8 Å². The number of hydrogen-bond donors (Lipinski definition) is 0. The van der Waals surface area contributed by atoms with E-state index in [2.05, 4.69) is 4.74 Å². The molecule has 0 aromatic carbocycles. The fraction of sp³-hybridized carbons (Fsp3) is 0.692. The van der Waals surface area contributed by atoms with Crippen LogP contribution in [-0.4, -0.2) is 31.8 Å². The first kappa shape index (κ1) is 13.1. The van der Waals surface area contributed by atoms with Crippen molar-refractivity contribution in [3.8, 4) is 0 Å². The molecule has 2 fully saturated rings. The van der Waals surface area contributed by atoms with Gasteiger partial charge >= 0.3 is 5.97 Å². The summed E-state index contributed by atoms with van der Waals surface area (Å²) >= 11 is 0. The van der Waals surface area contributed by atoms with Crippen LogP contribution in [0.3, 0.4) is 0 Å². The maximum absolute atomic E-state index is 12.2. The maximum atomic E-state index is 12.2. The first-order valence-corrected chi connectivity index (χ1v) is 6.03. The highest BCUT2D eigenvalue weighted by molar-refractivity contribution is 5.88. The van der Waals surface area contributed by atoms with Gasteiger partial charge in [0.05, 0.1) is 18.6 Å². The van der Waals surface area contributed by atoms with Crippen molar-refractivity contribution in [1.82, 2.24) is 0 Å². The van der Waals surface area contributed by atoms with Crippen LogP contribution in [-0.2, 0) is 23.8 Å². The lowest BCUT2D eigenvalue weighted by Crippen LogP contribution is -2.52. The van der Waals surface area contributed by atoms with Crippen LogP contribution in [0.2, 0.25) is 0 Å². The standard InChI is InChI=1S/C13H18O5/c1-12-8-9(7-11(15)16-2)18-13(12,17-3)6-4-5-10(12)14/h7H,4-6,8H2,1-3H3/b9-7-/t12-,13+/m0/s1. The Morgan fingerprint density at radius 2 is 2.17 bits per heavy atom. The smallest absolute Gasteiger partial charge is 0.333 e. The lowest BCUT2D eigenvalue weighted by atomic mass is 9.69. The average molecular weight is 254 g/mol. The molecule has 2 aliphatic rings. The number of esters is 1. The Morgan fingerprint density at radius 1 is 1.44 bits per heavy atom. The highest BCUT2D eigenvalue weighted by Crippen LogP contribution is 2.55. The van der Waals surface area contributed by atoms with Gasteiger partial charge in [0.1, 0.15) is 11.5 Å². The summed E-state index contributed by atoms with van der Waals surface area (Å²) in [6.07, 6.45) is 3.61. The normalized spacial score (nSPS) is 37.3. The van der Waals surface area contributed by atoms with E-state index >= 15 is 0 Å². The Balaban J connectivity index is 2.34. The van der Waals surface area contributed by atoms with Gasteiger partial charge in [-0.3, -0.25) is 4.79 Å². The van der Waals surface area contributed by atoms with E-state index in [1.165, 1.54) is 20.3 Å². The third-order valence-electron chi connectivity index (χ3n) is 4.00. The summed E-state index contributed by atoms with van der Waals surface area (Å²) in [5, 5.41) is 0. The number of fused-ring (bicyclic) bond motifs is 1. The van der Waals surface area contributed by atoms with Crippen LogP contribution in [0.1, 0.15) is 32.6 Å². The SMILES string of the molecule is COC(=O)/C=C1/C[C@@]2(C)C(=O)CCC[C@@]2(OC)O1. The third-order valence-corrected chi connectivity index (χ3v) is 4.00. The van der Waals surface area contributed by atoms with Crippen LogP contribution < -0.4 is 0 Å². The van der Waals surface area contributed by atoms with Gasteiger partial charge in [-0.2, -0.15) is 0 Å². The number of carbonyl (C=O) groups is 2. The van der Waals surface area contributed by atoms with Crippen molar-refractivity contribution in [3.63, 3.8) is 0 Å². The quantitative estimate of drug-likeness (QED) is 0.553. The second kappa shape index (κ2) is 4.39. The molecule has 100 valence electrons. The Morgan fingerprint density at radius 3 is 2.72 bits per heavy atom. The predicted octanol–water partition coefficient (Wildman–Crippen LogP) is 1.57. The molecule has 1 saturated carbocycles. The van der Waals surface area contributed by atoms with Crippen LogP contribution >= 0.6 is 0 Å². The van der Waals surface area contributed by atoms with Gasteiger partial charge in [-0.15, -0.1) is 0 Å². The summed E-state index contributed by atoms with van der Waals surface area (Å²) in [7, 11) is 2.85. The number of Topliss-reactive ketones (excluding diaryl/α,β-unsaturated/α-hetero) is 1. The molecule has 1 aliphatic carbocycles. The molecule has 18 heavy (non-hydrogen) atoms. The van der Waals surface area contributed by atoms with Crippen molar-refractivity contribution in [1.29, 1.82) is 0 Å². The van der Waals surface area contributed by atoms with Crippen molar-refractivity contribution >= 4 is 11.8 Å². The van der Waals surface area contributed by atoms with Gasteiger partial charge in [-0.05, 0) is 13.3 Å². The molecule has 2 atom stereocenters. The highest BCUT2D eigenvalue weighted by atomic mass is 16.7. The van der Waals surface area contributed by atoms with Gasteiger partial charge in [0.2, 0.25) is 5.79 Å². The highest BCUT2D eigenvalue weighted by Gasteiger charge is 2.62. The van der Waals surface area contributed by atoms with E-state index < -0.39 is 17.2 Å². The molecular formula is C13H18O5. The van der Waals surface area contributed by atoms with Gasteiger partial charge in [-0.25, -0.2) is 4.79 Å². The van der Waals surface area contributed by atoms with E-state index in [-0.39, 0.29) is 5.78 Å². The first-order chi connectivity index (χ1) is 8.47. The van der Waals surface area contributed by atoms with Gasteiger partial charge in [0.25, 0.3) is 0 Å². The molecule has 1 aliphatic heterocycles. The topological polar surface area (TPSA) is 61.8 Å². The van der Waals surface area contributed by atoms with Gasteiger partial charge in [0, 0.05) is 26.4 Å². The molecule has 5 nitrogen and oxygen atoms in total. The minimum Gasteiger partial charge on any atom is -0.466 e. The number of carbonyl (C=O) groups excluding carboxylic acids is 2. The average Bonchev–Trinajstić information content (AvgIpc) is 2.64. The zero-order chi connectivity index (χ0) is 13.4. The molecular weight excluding hydrogens is 236 g/mol. The van der Waals surface area contributed by atoms with Crippen molar-refractivity contribution in [2.45, 2.75) is 38.4 Å². The maximum Gasteiger partial charge on any atom is 0.333 e. The summed E-state index contributed by atoms with van der Waals surface area (Å²) in [5.74, 6) is -0.821. The van der Waals surface area contributed by atoms with Crippen molar-refractivity contribution in [2.24, 2.45) is 5.41 Å². The zero-order valence-electron chi connectivity index (χ0n) is 10.9. The zero-order valence-corrected chi connectivity index (χ0v) is 10.9. The van der Waals surface area contributed by atoms with Crippen molar-refractivity contribution in [2.75, 3.05) is 14.2 Å². The molecule has 0 aromatic rings. The van der Waals surface area contributed by atoms with E-state index in [4.69, 9.17) is 9.47 Å². The number of ketones is 1. The molecule has 5 heteroatoms. The number of allylic oxidation sites excluding steroid dienone is 1.